The lowest BCUT2D eigenvalue weighted by Gasteiger charge is -2.03. The van der Waals surface area contributed by atoms with Crippen molar-refractivity contribution < 1.29 is 14.7 Å². The molecule has 0 saturated carbocycles. The summed E-state index contributed by atoms with van der Waals surface area (Å²) >= 11 is 6.42. The van der Waals surface area contributed by atoms with Crippen LogP contribution in [-0.2, 0) is 4.79 Å². The molecule has 1 aliphatic heterocycles. The fourth-order valence-electron chi connectivity index (χ4n) is 1.46. The Morgan fingerprint density at radius 2 is 1.83 bits per heavy atom. The molecule has 0 radical (unpaired) electrons. The Morgan fingerprint density at radius 3 is 2.33 bits per heavy atom. The molecule has 0 aliphatic carbocycles. The molecule has 0 bridgehead atoms. The maximum absolute atomic E-state index is 11.3. The van der Waals surface area contributed by atoms with Crippen molar-refractivity contribution in [3.05, 3.63) is 32.7 Å². The Morgan fingerprint density at radius 1 is 1.22 bits per heavy atom. The topological polar surface area (TPSA) is 78.4 Å². The van der Waals surface area contributed by atoms with Crippen molar-refractivity contribution in [2.24, 2.45) is 0 Å². The van der Waals surface area contributed by atoms with Crippen LogP contribution in [0.4, 0.5) is 4.79 Å². The van der Waals surface area contributed by atoms with Gasteiger partial charge in [-0.05, 0) is 49.6 Å². The molecular weight excluding hydrogens is 368 g/mol. The number of phenols is 1. The van der Waals surface area contributed by atoms with Crippen LogP contribution in [0.1, 0.15) is 5.56 Å². The molecule has 0 spiro atoms. The highest BCUT2D eigenvalue weighted by Crippen LogP contribution is 2.33. The van der Waals surface area contributed by atoms with Crippen molar-refractivity contribution in [3.63, 3.8) is 0 Å². The molecule has 1 fully saturated rings. The maximum atomic E-state index is 11.3. The van der Waals surface area contributed by atoms with Crippen LogP contribution in [0.25, 0.3) is 6.08 Å². The highest BCUT2D eigenvalue weighted by atomic mass is 79.9. The van der Waals surface area contributed by atoms with Crippen LogP contribution in [0.15, 0.2) is 27.2 Å². The fraction of sp³-hybridized carbons (Fsp3) is 0.0909. The molecule has 1 aromatic rings. The average molecular weight is 376 g/mol. The number of hydrogen-bond acceptors (Lipinski definition) is 3. The quantitative estimate of drug-likeness (QED) is 0.693. The van der Waals surface area contributed by atoms with Crippen LogP contribution in [0.3, 0.4) is 0 Å². The number of benzene rings is 1. The van der Waals surface area contributed by atoms with Crippen molar-refractivity contribution in [2.45, 2.75) is 6.04 Å². The summed E-state index contributed by atoms with van der Waals surface area (Å²) in [7, 11) is 0. The van der Waals surface area contributed by atoms with Crippen molar-refractivity contribution in [2.75, 3.05) is 0 Å². The first-order valence-electron chi connectivity index (χ1n) is 4.95. The first-order chi connectivity index (χ1) is 8.47. The number of rotatable bonds is 2. The van der Waals surface area contributed by atoms with E-state index in [0.29, 0.717) is 8.95 Å². The lowest BCUT2D eigenvalue weighted by atomic mass is 10.1. The van der Waals surface area contributed by atoms with E-state index < -0.39 is 12.1 Å². The van der Waals surface area contributed by atoms with E-state index in [1.54, 1.807) is 24.3 Å². The number of amides is 3. The summed E-state index contributed by atoms with van der Waals surface area (Å²) in [6.07, 6.45) is 3.26. The third kappa shape index (κ3) is 2.73. The number of hydrogen-bond donors (Lipinski definition) is 3. The zero-order valence-electron chi connectivity index (χ0n) is 8.91. The van der Waals surface area contributed by atoms with Gasteiger partial charge in [-0.1, -0.05) is 12.2 Å². The minimum Gasteiger partial charge on any atom is -0.506 e. The molecule has 94 valence electrons. The van der Waals surface area contributed by atoms with Gasteiger partial charge >= 0.3 is 6.03 Å². The zero-order valence-corrected chi connectivity index (χ0v) is 12.1. The Hall–Kier alpha value is -1.34. The highest BCUT2D eigenvalue weighted by Gasteiger charge is 2.26. The van der Waals surface area contributed by atoms with Gasteiger partial charge in [0.05, 0.1) is 8.95 Å². The predicted octanol–water partition coefficient (Wildman–Crippen LogP) is 2.14. The molecule has 0 aromatic heterocycles. The Kier molecular flexibility index (Phi) is 3.72. The second-order valence-electron chi connectivity index (χ2n) is 3.63. The SMILES string of the molecule is O=C1NC(=O)C(C=Cc2cc(Br)c(O)c(Br)c2)N1. The van der Waals surface area contributed by atoms with Crippen LogP contribution in [0.5, 0.6) is 5.75 Å². The van der Waals surface area contributed by atoms with Crippen molar-refractivity contribution in [3.8, 4) is 5.75 Å². The third-order valence-corrected chi connectivity index (χ3v) is 3.54. The lowest BCUT2D eigenvalue weighted by molar-refractivity contribution is -0.119. The Labute approximate surface area is 120 Å². The van der Waals surface area contributed by atoms with E-state index in [4.69, 9.17) is 0 Å². The molecule has 1 aromatic carbocycles. The standard InChI is InChI=1S/C11H8Br2N2O3/c12-6-3-5(4-7(13)9(6)16)1-2-8-10(17)15-11(18)14-8/h1-4,8,16H,(H2,14,15,17,18). The number of carbonyl (C=O) groups excluding carboxylic acids is 2. The van der Waals surface area contributed by atoms with Gasteiger partial charge in [-0.3, -0.25) is 10.1 Å². The van der Waals surface area contributed by atoms with Gasteiger partial charge in [-0.2, -0.15) is 0 Å². The summed E-state index contributed by atoms with van der Waals surface area (Å²) in [5, 5.41) is 14.1. The molecule has 5 nitrogen and oxygen atoms in total. The highest BCUT2D eigenvalue weighted by molar-refractivity contribution is 9.11. The monoisotopic (exact) mass is 374 g/mol. The van der Waals surface area contributed by atoms with E-state index in [9.17, 15) is 14.7 Å². The lowest BCUT2D eigenvalue weighted by Crippen LogP contribution is -2.26. The maximum Gasteiger partial charge on any atom is 0.322 e. The van der Waals surface area contributed by atoms with Crippen LogP contribution < -0.4 is 10.6 Å². The molecule has 1 saturated heterocycles. The van der Waals surface area contributed by atoms with E-state index in [2.05, 4.69) is 42.5 Å². The van der Waals surface area contributed by atoms with Crippen LogP contribution in [0.2, 0.25) is 0 Å². The molecular formula is C11H8Br2N2O3. The summed E-state index contributed by atoms with van der Waals surface area (Å²) in [4.78, 5) is 22.2. The van der Waals surface area contributed by atoms with Crippen molar-refractivity contribution in [1.82, 2.24) is 10.6 Å². The second-order valence-corrected chi connectivity index (χ2v) is 5.34. The Balaban J connectivity index is 2.19. The van der Waals surface area contributed by atoms with E-state index in [0.717, 1.165) is 5.56 Å². The van der Waals surface area contributed by atoms with Gasteiger partial charge in [-0.25, -0.2) is 4.79 Å². The van der Waals surface area contributed by atoms with Crippen LogP contribution >= 0.6 is 31.9 Å². The number of imide groups is 1. The summed E-state index contributed by atoms with van der Waals surface area (Å²) in [6, 6.07) is 2.24. The number of urea groups is 1. The van der Waals surface area contributed by atoms with E-state index in [-0.39, 0.29) is 11.7 Å². The van der Waals surface area contributed by atoms with Gasteiger partial charge in [0.2, 0.25) is 0 Å². The molecule has 3 amide bonds. The van der Waals surface area contributed by atoms with Crippen molar-refractivity contribution >= 4 is 49.9 Å². The third-order valence-electron chi connectivity index (χ3n) is 2.33. The fourth-order valence-corrected chi connectivity index (χ4v) is 2.68. The molecule has 1 unspecified atom stereocenters. The number of nitrogens with one attached hydrogen (secondary N) is 2. The summed E-state index contributed by atoms with van der Waals surface area (Å²) in [6.45, 7) is 0. The summed E-state index contributed by atoms with van der Waals surface area (Å²) < 4.78 is 1.08. The summed E-state index contributed by atoms with van der Waals surface area (Å²) in [5.74, 6) is -0.271. The molecule has 7 heteroatoms. The van der Waals surface area contributed by atoms with Crippen molar-refractivity contribution in [1.29, 1.82) is 0 Å². The first-order valence-corrected chi connectivity index (χ1v) is 6.53. The van der Waals surface area contributed by atoms with Gasteiger partial charge in [-0.15, -0.1) is 0 Å². The first kappa shape index (κ1) is 13.1. The molecule has 2 rings (SSSR count). The molecule has 3 N–H and O–H groups in total. The largest absolute Gasteiger partial charge is 0.506 e. The molecule has 1 heterocycles. The number of halogens is 2. The Bertz CT molecular complexity index is 534. The predicted molar refractivity (Wildman–Crippen MR) is 73.0 cm³/mol. The van der Waals surface area contributed by atoms with E-state index >= 15 is 0 Å². The van der Waals surface area contributed by atoms with Crippen LogP contribution in [0, 0.1) is 0 Å². The molecule has 1 atom stereocenters. The minimum atomic E-state index is -0.663. The average Bonchev–Trinajstić information content (AvgIpc) is 2.62. The van der Waals surface area contributed by atoms with E-state index in [1.165, 1.54) is 0 Å². The van der Waals surface area contributed by atoms with Gasteiger partial charge in [0.25, 0.3) is 5.91 Å². The zero-order chi connectivity index (χ0) is 13.3. The molecule has 18 heavy (non-hydrogen) atoms. The molecule has 1 aliphatic rings. The second kappa shape index (κ2) is 5.11. The van der Waals surface area contributed by atoms with Gasteiger partial charge in [0, 0.05) is 0 Å². The summed E-state index contributed by atoms with van der Waals surface area (Å²) in [5.41, 5.74) is 0.778. The number of aromatic hydroxyl groups is 1. The van der Waals surface area contributed by atoms with Gasteiger partial charge < -0.3 is 10.4 Å². The minimum absolute atomic E-state index is 0.110. The number of carbonyl (C=O) groups is 2. The van der Waals surface area contributed by atoms with Gasteiger partial charge in [0.15, 0.2) is 0 Å². The van der Waals surface area contributed by atoms with Crippen LogP contribution in [-0.4, -0.2) is 23.1 Å². The number of phenolic OH excluding ortho intramolecular Hbond substituents is 1. The normalized spacial score (nSPS) is 19.1. The smallest absolute Gasteiger partial charge is 0.322 e. The van der Waals surface area contributed by atoms with E-state index in [1.807, 2.05) is 0 Å². The van der Waals surface area contributed by atoms with Gasteiger partial charge in [0.1, 0.15) is 11.8 Å².